The lowest BCUT2D eigenvalue weighted by atomic mass is 10.2. The molecular weight excluding hydrogens is 208 g/mol. The van der Waals surface area contributed by atoms with Crippen molar-refractivity contribution in [3.05, 3.63) is 35.9 Å². The van der Waals surface area contributed by atoms with E-state index in [1.165, 1.54) is 0 Å². The minimum Gasteiger partial charge on any atom is -0.445 e. The van der Waals surface area contributed by atoms with E-state index in [2.05, 4.69) is 5.32 Å². The molecule has 0 fully saturated rings. The lowest BCUT2D eigenvalue weighted by molar-refractivity contribution is -0.118. The molecule has 0 aliphatic carbocycles. The van der Waals surface area contributed by atoms with Crippen LogP contribution in [0, 0.1) is 0 Å². The molecule has 0 atom stereocenters. The van der Waals surface area contributed by atoms with Gasteiger partial charge >= 0.3 is 6.09 Å². The van der Waals surface area contributed by atoms with Gasteiger partial charge in [-0.25, -0.2) is 4.79 Å². The number of benzene rings is 1. The van der Waals surface area contributed by atoms with E-state index in [4.69, 9.17) is 10.5 Å². The number of nitrogens with one attached hydrogen (secondary N) is 2. The second-order valence-corrected chi connectivity index (χ2v) is 3.16. The fraction of sp³-hybridized carbons (Fsp3) is 0.273. The summed E-state index contributed by atoms with van der Waals surface area (Å²) in [5.74, 6) is -0.705. The van der Waals surface area contributed by atoms with Crippen LogP contribution in [-0.2, 0) is 16.1 Å². The average Bonchev–Trinajstić information content (AvgIpc) is 2.27. The first-order chi connectivity index (χ1) is 7.68. The molecule has 85 valence electrons. The summed E-state index contributed by atoms with van der Waals surface area (Å²) < 4.78 is 4.89. The van der Waals surface area contributed by atoms with Crippen molar-refractivity contribution in [2.24, 2.45) is 0 Å². The van der Waals surface area contributed by atoms with Crippen LogP contribution in [-0.4, -0.2) is 18.5 Å². The molecule has 1 rings (SSSR count). The van der Waals surface area contributed by atoms with Gasteiger partial charge in [0.25, 0.3) is 0 Å². The third-order valence-electron chi connectivity index (χ3n) is 1.83. The minimum absolute atomic E-state index is 0.000434. The smallest absolute Gasteiger partial charge is 0.407 e. The standard InChI is InChI=1S/C11H13N2O3/c12-10(14)6-7-13-11(15)16-8-9-4-2-1-3-5-9/h1-5,12H,6-8H2,(H,13,15). The highest BCUT2D eigenvalue weighted by Gasteiger charge is 2.02. The van der Waals surface area contributed by atoms with Gasteiger partial charge in [-0.2, -0.15) is 0 Å². The Kier molecular flexibility index (Phi) is 4.85. The number of carbonyl (C=O) groups is 2. The zero-order valence-electron chi connectivity index (χ0n) is 8.73. The monoisotopic (exact) mass is 221 g/mol. The van der Waals surface area contributed by atoms with Crippen molar-refractivity contribution in [1.29, 1.82) is 0 Å². The molecule has 2 N–H and O–H groups in total. The van der Waals surface area contributed by atoms with E-state index in [0.717, 1.165) is 5.56 Å². The van der Waals surface area contributed by atoms with Gasteiger partial charge in [0, 0.05) is 13.0 Å². The largest absolute Gasteiger partial charge is 0.445 e. The van der Waals surface area contributed by atoms with Gasteiger partial charge in [-0.3, -0.25) is 10.5 Å². The lowest BCUT2D eigenvalue weighted by Gasteiger charge is -2.05. The molecule has 1 aromatic carbocycles. The highest BCUT2D eigenvalue weighted by Crippen LogP contribution is 2.00. The second-order valence-electron chi connectivity index (χ2n) is 3.16. The Morgan fingerprint density at radius 1 is 1.25 bits per heavy atom. The predicted molar refractivity (Wildman–Crippen MR) is 57.4 cm³/mol. The molecule has 0 saturated carbocycles. The number of ether oxygens (including phenoxy) is 1. The van der Waals surface area contributed by atoms with Crippen LogP contribution in [0.2, 0.25) is 0 Å². The van der Waals surface area contributed by atoms with Gasteiger partial charge in [0.2, 0.25) is 5.91 Å². The molecule has 0 aromatic heterocycles. The van der Waals surface area contributed by atoms with E-state index in [1.54, 1.807) is 0 Å². The van der Waals surface area contributed by atoms with Crippen molar-refractivity contribution in [3.8, 4) is 0 Å². The Balaban J connectivity index is 2.18. The van der Waals surface area contributed by atoms with Crippen LogP contribution in [0.3, 0.4) is 0 Å². The first kappa shape index (κ1) is 12.0. The summed E-state index contributed by atoms with van der Waals surface area (Å²) in [6.45, 7) is 0.331. The molecular formula is C11H13N2O3. The van der Waals surface area contributed by atoms with E-state index in [9.17, 15) is 9.59 Å². The molecule has 0 saturated heterocycles. The van der Waals surface area contributed by atoms with Crippen LogP contribution in [0.25, 0.3) is 0 Å². The number of alkyl carbamates (subject to hydrolysis) is 1. The van der Waals surface area contributed by atoms with Crippen molar-refractivity contribution in [1.82, 2.24) is 11.1 Å². The van der Waals surface area contributed by atoms with E-state index in [0.29, 0.717) is 0 Å². The number of rotatable bonds is 5. The van der Waals surface area contributed by atoms with E-state index in [1.807, 2.05) is 30.3 Å². The van der Waals surface area contributed by atoms with Crippen molar-refractivity contribution < 1.29 is 14.3 Å². The number of amides is 2. The first-order valence-corrected chi connectivity index (χ1v) is 4.87. The maximum absolute atomic E-state index is 11.1. The molecule has 0 heterocycles. The van der Waals surface area contributed by atoms with Crippen LogP contribution in [0.4, 0.5) is 4.79 Å². The van der Waals surface area contributed by atoms with Gasteiger partial charge in [-0.05, 0) is 5.56 Å². The van der Waals surface area contributed by atoms with Crippen LogP contribution < -0.4 is 11.1 Å². The quantitative estimate of drug-likeness (QED) is 0.808. The molecule has 16 heavy (non-hydrogen) atoms. The summed E-state index contributed by atoms with van der Waals surface area (Å²) in [5.41, 5.74) is 7.52. The highest BCUT2D eigenvalue weighted by molar-refractivity contribution is 5.74. The number of hydrogen-bond acceptors (Lipinski definition) is 3. The summed E-state index contributed by atoms with van der Waals surface area (Å²) in [7, 11) is 0. The Bertz CT molecular complexity index is 352. The van der Waals surface area contributed by atoms with Gasteiger partial charge < -0.3 is 10.1 Å². The second kappa shape index (κ2) is 6.44. The van der Waals surface area contributed by atoms with Crippen LogP contribution >= 0.6 is 0 Å². The van der Waals surface area contributed by atoms with Gasteiger partial charge in [0.05, 0.1) is 0 Å². The fourth-order valence-electron chi connectivity index (χ4n) is 1.05. The first-order valence-electron chi connectivity index (χ1n) is 4.87. The third-order valence-corrected chi connectivity index (χ3v) is 1.83. The van der Waals surface area contributed by atoms with Crippen molar-refractivity contribution in [2.45, 2.75) is 13.0 Å². The minimum atomic E-state index is -0.705. The molecule has 5 nitrogen and oxygen atoms in total. The van der Waals surface area contributed by atoms with Crippen molar-refractivity contribution in [2.75, 3.05) is 6.54 Å². The highest BCUT2D eigenvalue weighted by atomic mass is 16.5. The summed E-state index contributed by atoms with van der Waals surface area (Å²) in [4.78, 5) is 21.4. The summed E-state index contributed by atoms with van der Waals surface area (Å²) in [5, 5.41) is 2.38. The molecule has 0 unspecified atom stereocenters. The van der Waals surface area contributed by atoms with E-state index in [-0.39, 0.29) is 19.6 Å². The predicted octanol–water partition coefficient (Wildman–Crippen LogP) is 1.11. The third kappa shape index (κ3) is 4.99. The molecule has 2 amide bonds. The molecule has 0 bridgehead atoms. The molecule has 0 spiro atoms. The maximum Gasteiger partial charge on any atom is 0.407 e. The number of hydrogen-bond donors (Lipinski definition) is 1. The topological polar surface area (TPSA) is 79.2 Å². The maximum atomic E-state index is 11.1. The lowest BCUT2D eigenvalue weighted by Crippen LogP contribution is -2.26. The van der Waals surface area contributed by atoms with Gasteiger partial charge in [0.1, 0.15) is 6.61 Å². The molecule has 1 aromatic rings. The molecule has 5 heteroatoms. The fourth-order valence-corrected chi connectivity index (χ4v) is 1.05. The van der Waals surface area contributed by atoms with Crippen molar-refractivity contribution >= 4 is 12.0 Å². The van der Waals surface area contributed by atoms with Crippen LogP contribution in [0.5, 0.6) is 0 Å². The van der Waals surface area contributed by atoms with E-state index >= 15 is 0 Å². The summed E-state index contributed by atoms with van der Waals surface area (Å²) in [6.07, 6.45) is -0.578. The normalized spacial score (nSPS) is 9.50. The Labute approximate surface area is 93.6 Å². The SMILES string of the molecule is [NH]C(=O)CCNC(=O)OCc1ccccc1. The van der Waals surface area contributed by atoms with Gasteiger partial charge in [0.15, 0.2) is 0 Å². The molecule has 0 aliphatic heterocycles. The molecule has 0 aliphatic rings. The van der Waals surface area contributed by atoms with E-state index < -0.39 is 12.0 Å². The summed E-state index contributed by atoms with van der Waals surface area (Å²) >= 11 is 0. The Morgan fingerprint density at radius 2 is 1.94 bits per heavy atom. The van der Waals surface area contributed by atoms with Crippen molar-refractivity contribution in [3.63, 3.8) is 0 Å². The molecule has 1 radical (unpaired) electrons. The summed E-state index contributed by atoms with van der Waals surface area (Å²) in [6, 6.07) is 9.29. The van der Waals surface area contributed by atoms with Crippen LogP contribution in [0.15, 0.2) is 30.3 Å². The Morgan fingerprint density at radius 3 is 2.56 bits per heavy atom. The zero-order valence-corrected chi connectivity index (χ0v) is 8.73. The van der Waals surface area contributed by atoms with Crippen LogP contribution in [0.1, 0.15) is 12.0 Å². The number of carbonyl (C=O) groups excluding carboxylic acids is 2. The Hall–Kier alpha value is -2.04. The van der Waals surface area contributed by atoms with Gasteiger partial charge in [-0.1, -0.05) is 30.3 Å². The van der Waals surface area contributed by atoms with Gasteiger partial charge in [-0.15, -0.1) is 0 Å². The average molecular weight is 221 g/mol. The zero-order chi connectivity index (χ0) is 11.8.